The molecule has 0 aromatic heterocycles. The van der Waals surface area contributed by atoms with E-state index >= 15 is 0 Å². The van der Waals surface area contributed by atoms with Gasteiger partial charge in [-0.15, -0.1) is 0 Å². The van der Waals surface area contributed by atoms with Gasteiger partial charge in [0.25, 0.3) is 10.2 Å². The minimum atomic E-state index is -3.97. The van der Waals surface area contributed by atoms with Crippen LogP contribution < -0.4 is 4.72 Å². The van der Waals surface area contributed by atoms with Crippen LogP contribution in [0.3, 0.4) is 0 Å². The number of aliphatic hydroxyl groups excluding tert-OH is 1. The van der Waals surface area contributed by atoms with Crippen LogP contribution in [-0.4, -0.2) is 47.6 Å². The highest BCUT2D eigenvalue weighted by atomic mass is 32.2. The van der Waals surface area contributed by atoms with E-state index in [1.165, 1.54) is 11.2 Å². The maximum Gasteiger partial charge on any atom is 0.324 e. The Morgan fingerprint density at radius 3 is 2.52 bits per heavy atom. The second-order valence-corrected chi connectivity index (χ2v) is 6.73. The fraction of sp³-hybridized carbons (Fsp3) is 0.462. The van der Waals surface area contributed by atoms with Crippen LogP contribution >= 0.6 is 0 Å². The molecule has 0 spiro atoms. The van der Waals surface area contributed by atoms with E-state index in [0.717, 1.165) is 11.1 Å². The number of hydrogen-bond donors (Lipinski definition) is 3. The Morgan fingerprint density at radius 1 is 1.33 bits per heavy atom. The van der Waals surface area contributed by atoms with Crippen LogP contribution in [0.4, 0.5) is 0 Å². The first kappa shape index (κ1) is 15.9. The van der Waals surface area contributed by atoms with Crippen molar-refractivity contribution in [2.75, 3.05) is 6.54 Å². The molecule has 8 heteroatoms. The normalized spacial score (nSPS) is 18.8. The van der Waals surface area contributed by atoms with E-state index in [9.17, 15) is 18.3 Å². The van der Waals surface area contributed by atoms with Crippen LogP contribution in [-0.2, 0) is 28.0 Å². The zero-order valence-corrected chi connectivity index (χ0v) is 12.4. The molecule has 2 rings (SSSR count). The Bertz CT molecular complexity index is 629. The Hall–Kier alpha value is -1.48. The monoisotopic (exact) mass is 314 g/mol. The Morgan fingerprint density at radius 2 is 1.95 bits per heavy atom. The summed E-state index contributed by atoms with van der Waals surface area (Å²) in [4.78, 5) is 11.0. The molecule has 2 atom stereocenters. The summed E-state index contributed by atoms with van der Waals surface area (Å²) in [7, 11) is -3.97. The van der Waals surface area contributed by atoms with Gasteiger partial charge in [-0.3, -0.25) is 4.79 Å². The van der Waals surface area contributed by atoms with E-state index in [0.29, 0.717) is 6.42 Å². The van der Waals surface area contributed by atoms with Gasteiger partial charge in [0, 0.05) is 13.1 Å². The second kappa shape index (κ2) is 6.10. The third kappa shape index (κ3) is 3.59. The van der Waals surface area contributed by atoms with Crippen molar-refractivity contribution < 1.29 is 23.4 Å². The fourth-order valence-electron chi connectivity index (χ4n) is 2.27. The van der Waals surface area contributed by atoms with E-state index < -0.39 is 28.3 Å². The molecule has 0 aliphatic carbocycles. The van der Waals surface area contributed by atoms with Crippen molar-refractivity contribution >= 4 is 16.2 Å². The van der Waals surface area contributed by atoms with Gasteiger partial charge in [-0.1, -0.05) is 24.3 Å². The third-order valence-electron chi connectivity index (χ3n) is 3.46. The number of aliphatic hydroxyl groups is 1. The number of benzene rings is 1. The predicted octanol–water partition coefficient (Wildman–Crippen LogP) is -0.287. The summed E-state index contributed by atoms with van der Waals surface area (Å²) in [5, 5.41) is 18.3. The van der Waals surface area contributed by atoms with Crippen molar-refractivity contribution in [1.29, 1.82) is 0 Å². The summed E-state index contributed by atoms with van der Waals surface area (Å²) in [6.45, 7) is 1.70. The molecule has 1 heterocycles. The average Bonchev–Trinajstić information content (AvgIpc) is 2.43. The molecule has 1 aromatic carbocycles. The van der Waals surface area contributed by atoms with Crippen molar-refractivity contribution in [3.63, 3.8) is 0 Å². The number of hydrogen-bond acceptors (Lipinski definition) is 4. The zero-order valence-electron chi connectivity index (χ0n) is 11.6. The molecule has 7 nitrogen and oxygen atoms in total. The van der Waals surface area contributed by atoms with E-state index in [1.807, 2.05) is 29.0 Å². The summed E-state index contributed by atoms with van der Waals surface area (Å²) < 4.78 is 27.7. The molecule has 116 valence electrons. The maximum absolute atomic E-state index is 12.3. The predicted molar refractivity (Wildman–Crippen MR) is 75.7 cm³/mol. The summed E-state index contributed by atoms with van der Waals surface area (Å²) in [6, 6.07) is 5.96. The van der Waals surface area contributed by atoms with Crippen molar-refractivity contribution in [3.8, 4) is 0 Å². The summed E-state index contributed by atoms with van der Waals surface area (Å²) in [5.41, 5.74) is 1.99. The summed E-state index contributed by atoms with van der Waals surface area (Å²) in [6.07, 6.45) is -0.752. The molecule has 3 N–H and O–H groups in total. The lowest BCUT2D eigenvalue weighted by atomic mass is 10.0. The molecule has 0 saturated heterocycles. The topological polar surface area (TPSA) is 107 Å². The molecule has 0 saturated carbocycles. The van der Waals surface area contributed by atoms with Crippen molar-refractivity contribution in [1.82, 2.24) is 9.03 Å². The van der Waals surface area contributed by atoms with Crippen LogP contribution in [0.1, 0.15) is 18.1 Å². The molecule has 0 unspecified atom stereocenters. The van der Waals surface area contributed by atoms with Gasteiger partial charge in [0.2, 0.25) is 0 Å². The minimum absolute atomic E-state index is 0.192. The van der Waals surface area contributed by atoms with Crippen molar-refractivity contribution in [2.45, 2.75) is 32.0 Å². The van der Waals surface area contributed by atoms with Crippen LogP contribution in [0.25, 0.3) is 0 Å². The van der Waals surface area contributed by atoms with Crippen molar-refractivity contribution in [2.24, 2.45) is 0 Å². The number of nitrogens with one attached hydrogen (secondary N) is 1. The lowest BCUT2D eigenvalue weighted by Crippen LogP contribution is -2.53. The van der Waals surface area contributed by atoms with Gasteiger partial charge in [-0.25, -0.2) is 0 Å². The van der Waals surface area contributed by atoms with Crippen LogP contribution in [0.15, 0.2) is 24.3 Å². The second-order valence-electron chi connectivity index (χ2n) is 5.03. The van der Waals surface area contributed by atoms with E-state index in [-0.39, 0.29) is 13.1 Å². The number of aliphatic carboxylic acids is 1. The molecule has 0 radical (unpaired) electrons. The van der Waals surface area contributed by atoms with Gasteiger partial charge in [0.15, 0.2) is 0 Å². The number of carboxylic acids is 1. The summed E-state index contributed by atoms with van der Waals surface area (Å²) in [5.74, 6) is -1.41. The molecule has 0 bridgehead atoms. The van der Waals surface area contributed by atoms with E-state index in [4.69, 9.17) is 5.11 Å². The van der Waals surface area contributed by atoms with Crippen LogP contribution in [0.5, 0.6) is 0 Å². The first-order valence-corrected chi connectivity index (χ1v) is 8.00. The Balaban J connectivity index is 2.16. The first-order valence-electron chi connectivity index (χ1n) is 6.56. The van der Waals surface area contributed by atoms with Crippen LogP contribution in [0, 0.1) is 0 Å². The molecule has 21 heavy (non-hydrogen) atoms. The highest BCUT2D eigenvalue weighted by Crippen LogP contribution is 2.20. The highest BCUT2D eigenvalue weighted by Gasteiger charge is 2.33. The quantitative estimate of drug-likeness (QED) is 0.692. The Labute approximate surface area is 123 Å². The standard InChI is InChI=1S/C13H18N2O5S/c1-9(16)12(13(17)18)14-21(19,20)15-7-6-10-4-2-3-5-11(10)8-15/h2-5,9,12,14,16H,6-8H2,1H3,(H,17,18)/t9-,12+/m1/s1. The average molecular weight is 314 g/mol. The van der Waals surface area contributed by atoms with Crippen molar-refractivity contribution in [3.05, 3.63) is 35.4 Å². The highest BCUT2D eigenvalue weighted by molar-refractivity contribution is 7.87. The largest absolute Gasteiger partial charge is 0.480 e. The van der Waals surface area contributed by atoms with Gasteiger partial charge in [0.05, 0.1) is 6.10 Å². The summed E-state index contributed by atoms with van der Waals surface area (Å²) >= 11 is 0. The molecular formula is C13H18N2O5S. The first-order chi connectivity index (χ1) is 9.81. The number of carbonyl (C=O) groups is 1. The van der Waals surface area contributed by atoms with Gasteiger partial charge in [-0.2, -0.15) is 17.4 Å². The molecular weight excluding hydrogens is 296 g/mol. The van der Waals surface area contributed by atoms with Crippen LogP contribution in [0.2, 0.25) is 0 Å². The smallest absolute Gasteiger partial charge is 0.324 e. The molecule has 0 fully saturated rings. The Kier molecular flexibility index (Phi) is 4.62. The molecule has 0 amide bonds. The molecule has 1 aromatic rings. The maximum atomic E-state index is 12.3. The van der Waals surface area contributed by atoms with Gasteiger partial charge in [0.1, 0.15) is 6.04 Å². The number of fused-ring (bicyclic) bond motifs is 1. The number of rotatable bonds is 5. The molecule has 1 aliphatic rings. The van der Waals surface area contributed by atoms with Gasteiger partial charge < -0.3 is 10.2 Å². The third-order valence-corrected chi connectivity index (χ3v) is 5.00. The SMILES string of the molecule is C[C@@H](O)[C@H](NS(=O)(=O)N1CCc2ccccc2C1)C(=O)O. The number of carboxylic acid groups (broad SMARTS) is 1. The number of nitrogens with zero attached hydrogens (tertiary/aromatic N) is 1. The van der Waals surface area contributed by atoms with Gasteiger partial charge in [-0.05, 0) is 24.5 Å². The lowest BCUT2D eigenvalue weighted by Gasteiger charge is -2.29. The molecule has 1 aliphatic heterocycles. The minimum Gasteiger partial charge on any atom is -0.480 e. The van der Waals surface area contributed by atoms with E-state index in [1.54, 1.807) is 0 Å². The zero-order chi connectivity index (χ0) is 15.6. The fourth-order valence-corrected chi connectivity index (χ4v) is 3.67. The lowest BCUT2D eigenvalue weighted by molar-refractivity contribution is -0.141. The van der Waals surface area contributed by atoms with E-state index in [2.05, 4.69) is 0 Å². The van der Waals surface area contributed by atoms with Gasteiger partial charge >= 0.3 is 5.97 Å².